The van der Waals surface area contributed by atoms with Crippen LogP contribution in [0.5, 0.6) is 0 Å². The Kier molecular flexibility index (Phi) is 5.11. The molecular formula is C14H12Cl2FNS. The maximum Gasteiger partial charge on any atom is 0.127 e. The Morgan fingerprint density at radius 2 is 1.89 bits per heavy atom. The van der Waals surface area contributed by atoms with Gasteiger partial charge in [0.25, 0.3) is 0 Å². The standard InChI is InChI=1S/C14H12Cl2FNS/c15-9-4-5-11(16)14(8-9)19-13-3-1-2-12(17)10(13)6-7-18/h1-5,8H,6-7,18H2. The van der Waals surface area contributed by atoms with Crippen LogP contribution in [-0.4, -0.2) is 6.54 Å². The van der Waals surface area contributed by atoms with Crippen molar-refractivity contribution >= 4 is 35.0 Å². The summed E-state index contributed by atoms with van der Waals surface area (Å²) in [7, 11) is 0. The monoisotopic (exact) mass is 315 g/mol. The number of hydrogen-bond acceptors (Lipinski definition) is 2. The lowest BCUT2D eigenvalue weighted by molar-refractivity contribution is 0.603. The van der Waals surface area contributed by atoms with Crippen molar-refractivity contribution in [3.63, 3.8) is 0 Å². The number of hydrogen-bond donors (Lipinski definition) is 1. The molecular weight excluding hydrogens is 304 g/mol. The van der Waals surface area contributed by atoms with E-state index in [1.54, 1.807) is 24.3 Å². The quantitative estimate of drug-likeness (QED) is 0.878. The maximum absolute atomic E-state index is 13.8. The summed E-state index contributed by atoms with van der Waals surface area (Å²) in [5.41, 5.74) is 6.14. The van der Waals surface area contributed by atoms with Crippen molar-refractivity contribution in [1.82, 2.24) is 0 Å². The summed E-state index contributed by atoms with van der Waals surface area (Å²) in [6.45, 7) is 0.401. The highest BCUT2D eigenvalue weighted by molar-refractivity contribution is 7.99. The summed E-state index contributed by atoms with van der Waals surface area (Å²) in [4.78, 5) is 1.62. The first-order valence-corrected chi connectivity index (χ1v) is 7.29. The molecule has 0 heterocycles. The molecule has 0 aliphatic rings. The van der Waals surface area contributed by atoms with E-state index in [1.165, 1.54) is 17.8 Å². The van der Waals surface area contributed by atoms with Crippen molar-refractivity contribution in [2.75, 3.05) is 6.54 Å². The highest BCUT2D eigenvalue weighted by atomic mass is 35.5. The van der Waals surface area contributed by atoms with Crippen molar-refractivity contribution in [2.45, 2.75) is 16.2 Å². The molecule has 1 nitrogen and oxygen atoms in total. The van der Waals surface area contributed by atoms with Crippen molar-refractivity contribution in [2.24, 2.45) is 5.73 Å². The topological polar surface area (TPSA) is 26.0 Å². The van der Waals surface area contributed by atoms with E-state index in [1.807, 2.05) is 6.07 Å². The van der Waals surface area contributed by atoms with Crippen LogP contribution in [0.4, 0.5) is 4.39 Å². The second-order valence-corrected chi connectivity index (χ2v) is 5.86. The van der Waals surface area contributed by atoms with Gasteiger partial charge in [-0.2, -0.15) is 0 Å². The highest BCUT2D eigenvalue weighted by Gasteiger charge is 2.11. The van der Waals surface area contributed by atoms with Gasteiger partial charge in [-0.3, -0.25) is 0 Å². The van der Waals surface area contributed by atoms with E-state index < -0.39 is 0 Å². The van der Waals surface area contributed by atoms with E-state index in [2.05, 4.69) is 0 Å². The fourth-order valence-electron chi connectivity index (χ4n) is 1.70. The second kappa shape index (κ2) is 6.62. The van der Waals surface area contributed by atoms with E-state index in [-0.39, 0.29) is 5.82 Å². The molecule has 0 aromatic heterocycles. The Hall–Kier alpha value is -0.740. The van der Waals surface area contributed by atoms with Gasteiger partial charge in [-0.1, -0.05) is 41.0 Å². The first kappa shape index (κ1) is 14.7. The predicted molar refractivity (Wildman–Crippen MR) is 79.7 cm³/mol. The van der Waals surface area contributed by atoms with Crippen LogP contribution in [0.2, 0.25) is 10.0 Å². The van der Waals surface area contributed by atoms with Gasteiger partial charge in [0.15, 0.2) is 0 Å². The third-order valence-electron chi connectivity index (χ3n) is 2.58. The van der Waals surface area contributed by atoms with Crippen LogP contribution in [0.1, 0.15) is 5.56 Å². The number of halogens is 3. The zero-order valence-electron chi connectivity index (χ0n) is 10.00. The molecule has 19 heavy (non-hydrogen) atoms. The van der Waals surface area contributed by atoms with Gasteiger partial charge in [-0.15, -0.1) is 0 Å². The van der Waals surface area contributed by atoms with Crippen molar-refractivity contribution < 1.29 is 4.39 Å². The Morgan fingerprint density at radius 1 is 1.11 bits per heavy atom. The SMILES string of the molecule is NCCc1c(F)cccc1Sc1cc(Cl)ccc1Cl. The van der Waals surface area contributed by atoms with Crippen LogP contribution >= 0.6 is 35.0 Å². The Morgan fingerprint density at radius 3 is 2.63 bits per heavy atom. The lowest BCUT2D eigenvalue weighted by Crippen LogP contribution is -2.05. The minimum Gasteiger partial charge on any atom is -0.330 e. The summed E-state index contributed by atoms with van der Waals surface area (Å²) in [6.07, 6.45) is 0.493. The summed E-state index contributed by atoms with van der Waals surface area (Å²) < 4.78 is 13.8. The number of benzene rings is 2. The minimum atomic E-state index is -0.242. The van der Waals surface area contributed by atoms with Crippen molar-refractivity contribution in [1.29, 1.82) is 0 Å². The van der Waals surface area contributed by atoms with Gasteiger partial charge in [-0.05, 0) is 43.3 Å². The van der Waals surface area contributed by atoms with Gasteiger partial charge < -0.3 is 5.73 Å². The highest BCUT2D eigenvalue weighted by Crippen LogP contribution is 2.37. The first-order valence-electron chi connectivity index (χ1n) is 5.72. The summed E-state index contributed by atoms with van der Waals surface area (Å²) in [5.74, 6) is -0.242. The summed E-state index contributed by atoms with van der Waals surface area (Å²) in [5, 5.41) is 1.20. The molecule has 0 saturated carbocycles. The molecule has 2 rings (SSSR count). The fourth-order valence-corrected chi connectivity index (χ4v) is 3.22. The van der Waals surface area contributed by atoms with Crippen LogP contribution in [0.3, 0.4) is 0 Å². The van der Waals surface area contributed by atoms with Crippen molar-refractivity contribution in [3.05, 3.63) is 57.8 Å². The molecule has 0 aliphatic carbocycles. The molecule has 2 aromatic carbocycles. The van der Waals surface area contributed by atoms with Crippen LogP contribution in [0, 0.1) is 5.82 Å². The third kappa shape index (κ3) is 3.63. The molecule has 0 fully saturated rings. The van der Waals surface area contributed by atoms with Gasteiger partial charge in [0.05, 0.1) is 5.02 Å². The first-order chi connectivity index (χ1) is 9.11. The Balaban J connectivity index is 2.37. The third-order valence-corrected chi connectivity index (χ3v) is 4.42. The lowest BCUT2D eigenvalue weighted by Gasteiger charge is -2.10. The van der Waals surface area contributed by atoms with Crippen LogP contribution < -0.4 is 5.73 Å². The number of rotatable bonds is 4. The largest absolute Gasteiger partial charge is 0.330 e. The summed E-state index contributed by atoms with van der Waals surface area (Å²) >= 11 is 13.5. The minimum absolute atomic E-state index is 0.242. The molecule has 0 spiro atoms. The van der Waals surface area contributed by atoms with Crippen LogP contribution in [-0.2, 0) is 6.42 Å². The normalized spacial score (nSPS) is 10.7. The molecule has 2 N–H and O–H groups in total. The number of nitrogens with two attached hydrogens (primary N) is 1. The maximum atomic E-state index is 13.8. The van der Waals surface area contributed by atoms with Gasteiger partial charge in [-0.25, -0.2) is 4.39 Å². The summed E-state index contributed by atoms with van der Waals surface area (Å²) in [6, 6.07) is 10.2. The lowest BCUT2D eigenvalue weighted by atomic mass is 10.1. The Labute approximate surface area is 125 Å². The molecule has 0 saturated heterocycles. The van der Waals surface area contributed by atoms with E-state index in [0.717, 1.165) is 9.79 Å². The Bertz CT molecular complexity index is 590. The molecule has 100 valence electrons. The van der Waals surface area contributed by atoms with E-state index >= 15 is 0 Å². The molecule has 0 aliphatic heterocycles. The van der Waals surface area contributed by atoms with E-state index in [0.29, 0.717) is 28.6 Å². The molecule has 0 bridgehead atoms. The van der Waals surface area contributed by atoms with Gasteiger partial charge in [0.1, 0.15) is 5.82 Å². The van der Waals surface area contributed by atoms with E-state index in [9.17, 15) is 4.39 Å². The average molecular weight is 316 g/mol. The fraction of sp³-hybridized carbons (Fsp3) is 0.143. The van der Waals surface area contributed by atoms with Crippen LogP contribution in [0.15, 0.2) is 46.2 Å². The van der Waals surface area contributed by atoms with Crippen LogP contribution in [0.25, 0.3) is 0 Å². The predicted octanol–water partition coefficient (Wildman–Crippen LogP) is 4.78. The molecule has 2 aromatic rings. The zero-order valence-corrected chi connectivity index (χ0v) is 12.3. The molecule has 0 amide bonds. The second-order valence-electron chi connectivity index (χ2n) is 3.93. The van der Waals surface area contributed by atoms with Gasteiger partial charge in [0, 0.05) is 20.4 Å². The molecule has 0 unspecified atom stereocenters. The molecule has 0 radical (unpaired) electrons. The molecule has 5 heteroatoms. The van der Waals surface area contributed by atoms with E-state index in [4.69, 9.17) is 28.9 Å². The smallest absolute Gasteiger partial charge is 0.127 e. The van der Waals surface area contributed by atoms with Gasteiger partial charge >= 0.3 is 0 Å². The average Bonchev–Trinajstić information content (AvgIpc) is 2.38. The zero-order chi connectivity index (χ0) is 13.8. The van der Waals surface area contributed by atoms with Gasteiger partial charge in [0.2, 0.25) is 0 Å². The molecule has 0 atom stereocenters. The van der Waals surface area contributed by atoms with Crippen molar-refractivity contribution in [3.8, 4) is 0 Å².